The number of carbonyl (C=O) groups excluding carboxylic acids is 1. The van der Waals surface area contributed by atoms with Crippen LogP contribution in [0.5, 0.6) is 0 Å². The van der Waals surface area contributed by atoms with Crippen molar-refractivity contribution in [3.63, 3.8) is 0 Å². The van der Waals surface area contributed by atoms with Gasteiger partial charge >= 0.3 is 17.9 Å². The van der Waals surface area contributed by atoms with Crippen LogP contribution in [0.3, 0.4) is 0 Å². The Hall–Kier alpha value is -3.90. The molecule has 13 nitrogen and oxygen atoms in total. The maximum atomic E-state index is 10.5. The first kappa shape index (κ1) is 28.1. The largest absolute Gasteiger partial charge is 0.481 e. The molecule has 3 N–H and O–H groups in total. The summed E-state index contributed by atoms with van der Waals surface area (Å²) in [6.07, 6.45) is 8.98. The number of hydrogen-bond donors (Lipinski definition) is 3. The summed E-state index contributed by atoms with van der Waals surface area (Å²) in [5.74, 6) is -3.66. The summed E-state index contributed by atoms with van der Waals surface area (Å²) in [5.41, 5.74) is 1.30. The minimum Gasteiger partial charge on any atom is -0.481 e. The monoisotopic (exact) mass is 456 g/mol. The molecule has 2 rings (SSSR count). The van der Waals surface area contributed by atoms with E-state index in [4.69, 9.17) is 15.3 Å². The first-order valence-corrected chi connectivity index (χ1v) is 9.41. The second-order valence-corrected chi connectivity index (χ2v) is 6.75. The molecular formula is C19H24N2O11. The van der Waals surface area contributed by atoms with Crippen LogP contribution in [-0.4, -0.2) is 61.4 Å². The van der Waals surface area contributed by atoms with E-state index in [2.05, 4.69) is 0 Å². The average molecular weight is 456 g/mol. The molecule has 32 heavy (non-hydrogen) atoms. The molecule has 2 aliphatic rings. The summed E-state index contributed by atoms with van der Waals surface area (Å²) < 4.78 is 0. The highest BCUT2D eigenvalue weighted by molar-refractivity contribution is 5.88. The fraction of sp³-hybridized carbons (Fsp3) is 0.474. The zero-order valence-electron chi connectivity index (χ0n) is 17.0. The predicted molar refractivity (Wildman–Crippen MR) is 108 cm³/mol. The van der Waals surface area contributed by atoms with Crippen molar-refractivity contribution >= 4 is 24.2 Å². The second kappa shape index (κ2) is 15.0. The number of nitro groups is 2. The van der Waals surface area contributed by atoms with Crippen molar-refractivity contribution in [3.8, 4) is 0 Å². The molecular weight excluding hydrogens is 432 g/mol. The lowest BCUT2D eigenvalue weighted by Gasteiger charge is -2.13. The van der Waals surface area contributed by atoms with Gasteiger partial charge in [0.25, 0.3) is 0 Å². The third-order valence-corrected chi connectivity index (χ3v) is 4.25. The summed E-state index contributed by atoms with van der Waals surface area (Å²) in [6, 6.07) is -1.10. The number of hydrogen-bond acceptors (Lipinski definition) is 8. The van der Waals surface area contributed by atoms with Crippen LogP contribution >= 0.6 is 0 Å². The number of aliphatic carboxylic acids is 3. The Morgan fingerprint density at radius 2 is 1.34 bits per heavy atom. The lowest BCUT2D eigenvalue weighted by atomic mass is 9.95. The van der Waals surface area contributed by atoms with Gasteiger partial charge < -0.3 is 15.3 Å². The quantitative estimate of drug-likeness (QED) is 0.165. The molecule has 0 fully saturated rings. The minimum absolute atomic E-state index is 0.302. The molecule has 0 aromatic heterocycles. The normalized spacial score (nSPS) is 19.6. The molecule has 0 amide bonds. The summed E-state index contributed by atoms with van der Waals surface area (Å²) in [7, 11) is 0. The van der Waals surface area contributed by atoms with Gasteiger partial charge in [-0.1, -0.05) is 18.2 Å². The first-order chi connectivity index (χ1) is 15.0. The topological polar surface area (TPSA) is 215 Å². The minimum atomic E-state index is -1.31. The van der Waals surface area contributed by atoms with Gasteiger partial charge in [-0.15, -0.1) is 0 Å². The van der Waals surface area contributed by atoms with Crippen LogP contribution in [0.4, 0.5) is 0 Å². The molecule has 0 heterocycles. The van der Waals surface area contributed by atoms with Crippen molar-refractivity contribution in [3.05, 3.63) is 55.7 Å². The van der Waals surface area contributed by atoms with Crippen molar-refractivity contribution in [2.75, 3.05) is 0 Å². The summed E-state index contributed by atoms with van der Waals surface area (Å²) in [6.45, 7) is 0. The number of carboxylic acids is 3. The van der Waals surface area contributed by atoms with Crippen LogP contribution in [0.15, 0.2) is 35.5 Å². The molecule has 2 aliphatic carbocycles. The molecule has 2 atom stereocenters. The Morgan fingerprint density at radius 3 is 1.69 bits per heavy atom. The van der Waals surface area contributed by atoms with E-state index in [-0.39, 0.29) is 9.85 Å². The maximum absolute atomic E-state index is 10.5. The Kier molecular flexibility index (Phi) is 13.2. The van der Waals surface area contributed by atoms with E-state index in [1.54, 1.807) is 6.08 Å². The number of nitrogens with zero attached hydrogens (tertiary/aromatic N) is 2. The lowest BCUT2D eigenvalue weighted by Crippen LogP contribution is -2.22. The predicted octanol–water partition coefficient (Wildman–Crippen LogP) is 1.87. The van der Waals surface area contributed by atoms with Gasteiger partial charge in [0.1, 0.15) is 12.7 Å². The van der Waals surface area contributed by atoms with E-state index in [0.717, 1.165) is 11.6 Å². The van der Waals surface area contributed by atoms with Gasteiger partial charge in [-0.2, -0.15) is 0 Å². The van der Waals surface area contributed by atoms with E-state index in [1.165, 1.54) is 6.08 Å². The highest BCUT2D eigenvalue weighted by Gasteiger charge is 2.24. The van der Waals surface area contributed by atoms with Crippen molar-refractivity contribution in [2.24, 2.45) is 0 Å². The van der Waals surface area contributed by atoms with Gasteiger partial charge in [-0.25, -0.2) is 4.79 Å². The van der Waals surface area contributed by atoms with Crippen molar-refractivity contribution in [1.82, 2.24) is 0 Å². The van der Waals surface area contributed by atoms with Crippen LogP contribution < -0.4 is 0 Å². The van der Waals surface area contributed by atoms with Crippen LogP contribution in [0.2, 0.25) is 0 Å². The average Bonchev–Trinajstić information content (AvgIpc) is 2.72. The summed E-state index contributed by atoms with van der Waals surface area (Å²) >= 11 is 0. The number of carbonyl (C=O) groups is 4. The molecule has 0 radical (unpaired) electrons. The Balaban J connectivity index is 0.000000478. The van der Waals surface area contributed by atoms with Gasteiger partial charge in [0.05, 0.1) is 0 Å². The van der Waals surface area contributed by atoms with Gasteiger partial charge in [0.2, 0.25) is 12.1 Å². The molecule has 13 heteroatoms. The van der Waals surface area contributed by atoms with E-state index >= 15 is 0 Å². The molecule has 0 bridgehead atoms. The van der Waals surface area contributed by atoms with Gasteiger partial charge in [0.15, 0.2) is 0 Å². The maximum Gasteiger partial charge on any atom is 0.328 e. The fourth-order valence-corrected chi connectivity index (χ4v) is 2.74. The van der Waals surface area contributed by atoms with Crippen LogP contribution in [0.1, 0.15) is 44.9 Å². The van der Waals surface area contributed by atoms with Crippen LogP contribution in [0, 0.1) is 20.2 Å². The summed E-state index contributed by atoms with van der Waals surface area (Å²) in [4.78, 5) is 59.4. The molecule has 0 spiro atoms. The molecule has 0 aliphatic heterocycles. The van der Waals surface area contributed by atoms with Gasteiger partial charge in [-0.3, -0.25) is 34.6 Å². The number of rotatable bonds is 7. The molecule has 0 aromatic rings. The number of aldehydes is 1. The molecule has 0 saturated carbocycles. The fourth-order valence-electron chi connectivity index (χ4n) is 2.74. The Bertz CT molecular complexity index is 802. The van der Waals surface area contributed by atoms with E-state index < -0.39 is 36.4 Å². The van der Waals surface area contributed by atoms with Crippen molar-refractivity contribution in [1.29, 1.82) is 0 Å². The van der Waals surface area contributed by atoms with E-state index in [9.17, 15) is 39.4 Å². The van der Waals surface area contributed by atoms with E-state index in [0.29, 0.717) is 50.4 Å². The van der Waals surface area contributed by atoms with Gasteiger partial charge in [0, 0.05) is 41.6 Å². The molecule has 176 valence electrons. The van der Waals surface area contributed by atoms with Crippen LogP contribution in [0.25, 0.3) is 0 Å². The van der Waals surface area contributed by atoms with Crippen molar-refractivity contribution in [2.45, 2.75) is 57.0 Å². The number of allylic oxidation sites excluding steroid dienone is 3. The van der Waals surface area contributed by atoms with Crippen LogP contribution in [-0.2, 0) is 19.2 Å². The number of carboxylic acid groups (broad SMARTS) is 3. The van der Waals surface area contributed by atoms with Crippen molar-refractivity contribution < 1.29 is 44.3 Å². The Labute approximate surface area is 182 Å². The molecule has 0 saturated heterocycles. The SMILES string of the molecule is O=C(O)/C=C/C1=CCCC([N+](=O)[O-])C1.O=C(O)CC(=O)O.O=CC1=CCCC([N+](=O)[O-])C1. The first-order valence-electron chi connectivity index (χ1n) is 9.41. The Morgan fingerprint density at radius 1 is 0.906 bits per heavy atom. The highest BCUT2D eigenvalue weighted by atomic mass is 16.6. The smallest absolute Gasteiger partial charge is 0.328 e. The highest BCUT2D eigenvalue weighted by Crippen LogP contribution is 2.21. The zero-order valence-corrected chi connectivity index (χ0v) is 17.0. The standard InChI is InChI=1S/C9H11NO4.C7H9NO3.C3H4O4/c11-9(12)5-4-7-2-1-3-8(6-7)10(13)14;9-5-6-2-1-3-7(4-6)8(10)11;4-2(5)1-3(6)7/h2,4-5,8H,1,3,6H2,(H,11,12);2,5,7H,1,3-4H2;1H2,(H,4,5)(H,6,7)/b5-4+;;. The third kappa shape index (κ3) is 13.3. The molecule has 0 aromatic carbocycles. The van der Waals surface area contributed by atoms with Gasteiger partial charge in [-0.05, 0) is 24.0 Å². The zero-order chi connectivity index (χ0) is 24.7. The van der Waals surface area contributed by atoms with E-state index in [1.807, 2.05) is 6.08 Å². The summed E-state index contributed by atoms with van der Waals surface area (Å²) in [5, 5.41) is 44.5. The second-order valence-electron chi connectivity index (χ2n) is 6.75. The molecule has 2 unspecified atom stereocenters. The third-order valence-electron chi connectivity index (χ3n) is 4.25. The lowest BCUT2D eigenvalue weighted by molar-refractivity contribution is -0.523.